The van der Waals surface area contributed by atoms with Crippen molar-refractivity contribution in [2.24, 2.45) is 0 Å². The zero-order valence-electron chi connectivity index (χ0n) is 16.0. The number of methoxy groups -OCH3 is 1. The fourth-order valence-electron chi connectivity index (χ4n) is 2.48. The molecule has 2 rings (SSSR count). The molecule has 0 aliphatic carbocycles. The summed E-state index contributed by atoms with van der Waals surface area (Å²) in [6, 6.07) is 10.4. The highest BCUT2D eigenvalue weighted by Gasteiger charge is 2.15. The van der Waals surface area contributed by atoms with Gasteiger partial charge in [-0.25, -0.2) is 0 Å². The largest absolute Gasteiger partial charge is 0.496 e. The molecule has 0 radical (unpaired) electrons. The predicted octanol–water partition coefficient (Wildman–Crippen LogP) is 4.11. The van der Waals surface area contributed by atoms with Gasteiger partial charge in [0, 0.05) is 17.1 Å². The summed E-state index contributed by atoms with van der Waals surface area (Å²) in [5, 5.41) is 3.12. The van der Waals surface area contributed by atoms with E-state index in [0.29, 0.717) is 22.0 Å². The summed E-state index contributed by atoms with van der Waals surface area (Å²) in [6.45, 7) is 3.28. The normalized spacial score (nSPS) is 10.3. The minimum Gasteiger partial charge on any atom is -0.496 e. The molecule has 0 atom stereocenters. The van der Waals surface area contributed by atoms with Crippen molar-refractivity contribution in [1.29, 1.82) is 0 Å². The van der Waals surface area contributed by atoms with E-state index in [1.807, 2.05) is 19.9 Å². The Morgan fingerprint density at radius 1 is 1.04 bits per heavy atom. The Labute approximate surface area is 168 Å². The lowest BCUT2D eigenvalue weighted by Crippen LogP contribution is -2.21. The third kappa shape index (κ3) is 6.09. The van der Waals surface area contributed by atoms with Gasteiger partial charge in [0.15, 0.2) is 12.4 Å². The molecular weight excluding hydrogens is 382 g/mol. The topological polar surface area (TPSA) is 81.7 Å². The number of ether oxygens (including phenoxy) is 2. The number of benzene rings is 2. The molecule has 0 spiro atoms. The molecule has 1 N–H and O–H groups in total. The molecule has 6 nitrogen and oxygen atoms in total. The van der Waals surface area contributed by atoms with E-state index in [0.717, 1.165) is 11.1 Å². The molecule has 0 heterocycles. The number of Topliss-reactive ketones (excluding diaryl/α,β-unsaturated/α-hetero) is 1. The zero-order chi connectivity index (χ0) is 20.7. The SMILES string of the molecule is COc1ccc(C)cc1C(=O)CCC(=O)OCC(=O)Nc1ccc(C)c(Cl)c1. The van der Waals surface area contributed by atoms with Gasteiger partial charge in [0.25, 0.3) is 5.91 Å². The first-order valence-electron chi connectivity index (χ1n) is 8.69. The summed E-state index contributed by atoms with van der Waals surface area (Å²) >= 11 is 6.00. The number of rotatable bonds is 8. The van der Waals surface area contributed by atoms with Crippen LogP contribution in [0.25, 0.3) is 0 Å². The highest BCUT2D eigenvalue weighted by molar-refractivity contribution is 6.31. The summed E-state index contributed by atoms with van der Waals surface area (Å²) < 4.78 is 10.1. The molecule has 0 bridgehead atoms. The van der Waals surface area contributed by atoms with Crippen LogP contribution in [0.3, 0.4) is 0 Å². The van der Waals surface area contributed by atoms with Gasteiger partial charge < -0.3 is 14.8 Å². The molecule has 0 aromatic heterocycles. The van der Waals surface area contributed by atoms with E-state index < -0.39 is 18.5 Å². The van der Waals surface area contributed by atoms with Crippen LogP contribution < -0.4 is 10.1 Å². The van der Waals surface area contributed by atoms with Crippen LogP contribution in [0.1, 0.15) is 34.3 Å². The molecule has 0 saturated heterocycles. The lowest BCUT2D eigenvalue weighted by atomic mass is 10.0. The highest BCUT2D eigenvalue weighted by atomic mass is 35.5. The van der Waals surface area contributed by atoms with Gasteiger partial charge in [-0.15, -0.1) is 0 Å². The van der Waals surface area contributed by atoms with Gasteiger partial charge in [-0.3, -0.25) is 14.4 Å². The van der Waals surface area contributed by atoms with Crippen LogP contribution in [-0.2, 0) is 14.3 Å². The van der Waals surface area contributed by atoms with Crippen molar-refractivity contribution in [2.45, 2.75) is 26.7 Å². The smallest absolute Gasteiger partial charge is 0.306 e. The monoisotopic (exact) mass is 403 g/mol. The molecule has 28 heavy (non-hydrogen) atoms. The summed E-state index contributed by atoms with van der Waals surface area (Å²) in [4.78, 5) is 36.1. The molecule has 1 amide bonds. The van der Waals surface area contributed by atoms with Crippen molar-refractivity contribution in [1.82, 2.24) is 0 Å². The lowest BCUT2D eigenvalue weighted by molar-refractivity contribution is -0.147. The maximum Gasteiger partial charge on any atom is 0.306 e. The predicted molar refractivity (Wildman–Crippen MR) is 107 cm³/mol. The third-order valence-corrected chi connectivity index (χ3v) is 4.44. The molecule has 0 unspecified atom stereocenters. The first-order valence-corrected chi connectivity index (χ1v) is 9.07. The molecule has 2 aromatic carbocycles. The molecule has 2 aromatic rings. The summed E-state index contributed by atoms with van der Waals surface area (Å²) in [6.07, 6.45) is -0.159. The van der Waals surface area contributed by atoms with Crippen LogP contribution in [0, 0.1) is 13.8 Å². The number of carbonyl (C=O) groups excluding carboxylic acids is 3. The molecule has 0 fully saturated rings. The Morgan fingerprint density at radius 3 is 2.46 bits per heavy atom. The van der Waals surface area contributed by atoms with Crippen LogP contribution in [0.4, 0.5) is 5.69 Å². The fourth-order valence-corrected chi connectivity index (χ4v) is 2.66. The van der Waals surface area contributed by atoms with E-state index in [1.54, 1.807) is 30.3 Å². The van der Waals surface area contributed by atoms with Crippen molar-refractivity contribution in [3.05, 3.63) is 58.1 Å². The van der Waals surface area contributed by atoms with Crippen LogP contribution in [-0.4, -0.2) is 31.4 Å². The van der Waals surface area contributed by atoms with Gasteiger partial charge in [-0.05, 0) is 43.7 Å². The van der Waals surface area contributed by atoms with E-state index in [2.05, 4.69) is 5.32 Å². The second-order valence-corrected chi connectivity index (χ2v) is 6.71. The van der Waals surface area contributed by atoms with Crippen molar-refractivity contribution in [3.63, 3.8) is 0 Å². The van der Waals surface area contributed by atoms with E-state index in [9.17, 15) is 14.4 Å². The minimum atomic E-state index is -0.628. The van der Waals surface area contributed by atoms with Crippen LogP contribution in [0.2, 0.25) is 5.02 Å². The van der Waals surface area contributed by atoms with Crippen LogP contribution >= 0.6 is 11.6 Å². The second-order valence-electron chi connectivity index (χ2n) is 6.30. The Kier molecular flexibility index (Phi) is 7.58. The maximum absolute atomic E-state index is 12.3. The number of anilines is 1. The van der Waals surface area contributed by atoms with Crippen molar-refractivity contribution in [3.8, 4) is 5.75 Å². The van der Waals surface area contributed by atoms with Crippen molar-refractivity contribution in [2.75, 3.05) is 19.0 Å². The number of aryl methyl sites for hydroxylation is 2. The van der Waals surface area contributed by atoms with Crippen LogP contribution in [0.15, 0.2) is 36.4 Å². The first kappa shape index (κ1) is 21.4. The van der Waals surface area contributed by atoms with Gasteiger partial charge in [-0.2, -0.15) is 0 Å². The van der Waals surface area contributed by atoms with Crippen LogP contribution in [0.5, 0.6) is 5.75 Å². The Morgan fingerprint density at radius 2 is 1.79 bits per heavy atom. The second kappa shape index (κ2) is 9.90. The molecular formula is C21H22ClNO5. The average molecular weight is 404 g/mol. The number of ketones is 1. The van der Waals surface area contributed by atoms with Gasteiger partial charge in [0.1, 0.15) is 5.75 Å². The number of halogens is 1. The van der Waals surface area contributed by atoms with E-state index in [4.69, 9.17) is 21.1 Å². The summed E-state index contributed by atoms with van der Waals surface area (Å²) in [7, 11) is 1.48. The molecule has 148 valence electrons. The number of hydrogen-bond donors (Lipinski definition) is 1. The molecule has 0 saturated carbocycles. The molecule has 7 heteroatoms. The van der Waals surface area contributed by atoms with Gasteiger partial charge in [0.05, 0.1) is 19.1 Å². The van der Waals surface area contributed by atoms with Crippen molar-refractivity contribution < 1.29 is 23.9 Å². The fraction of sp³-hybridized carbons (Fsp3) is 0.286. The maximum atomic E-state index is 12.3. The number of esters is 1. The first-order chi connectivity index (χ1) is 13.3. The Balaban J connectivity index is 1.81. The number of carbonyl (C=O) groups is 3. The Bertz CT molecular complexity index is 894. The van der Waals surface area contributed by atoms with Gasteiger partial charge >= 0.3 is 5.97 Å². The minimum absolute atomic E-state index is 0.0339. The number of amides is 1. The van der Waals surface area contributed by atoms with Gasteiger partial charge in [-0.1, -0.05) is 29.3 Å². The molecule has 0 aliphatic heterocycles. The van der Waals surface area contributed by atoms with E-state index in [1.165, 1.54) is 7.11 Å². The quantitative estimate of drug-likeness (QED) is 0.529. The lowest BCUT2D eigenvalue weighted by Gasteiger charge is -2.09. The zero-order valence-corrected chi connectivity index (χ0v) is 16.8. The standard InChI is InChI=1S/C21H22ClNO5/c1-13-4-8-19(27-3)16(10-13)18(24)7-9-21(26)28-12-20(25)23-15-6-5-14(2)17(22)11-15/h4-6,8,10-11H,7,9,12H2,1-3H3,(H,23,25). The third-order valence-electron chi connectivity index (χ3n) is 4.03. The van der Waals surface area contributed by atoms with E-state index >= 15 is 0 Å². The summed E-state index contributed by atoms with van der Waals surface area (Å²) in [5.74, 6) is -0.881. The molecule has 0 aliphatic rings. The highest BCUT2D eigenvalue weighted by Crippen LogP contribution is 2.22. The number of hydrogen-bond acceptors (Lipinski definition) is 5. The van der Waals surface area contributed by atoms with Crippen molar-refractivity contribution >= 4 is 34.9 Å². The average Bonchev–Trinajstić information content (AvgIpc) is 2.67. The summed E-state index contributed by atoms with van der Waals surface area (Å²) in [5.41, 5.74) is 2.74. The Hall–Kier alpha value is -2.86. The number of nitrogens with one attached hydrogen (secondary N) is 1. The van der Waals surface area contributed by atoms with E-state index in [-0.39, 0.29) is 18.6 Å². The van der Waals surface area contributed by atoms with Gasteiger partial charge in [0.2, 0.25) is 0 Å².